The van der Waals surface area contributed by atoms with Crippen molar-refractivity contribution in [3.63, 3.8) is 0 Å². The minimum Gasteiger partial charge on any atom is -0.354 e. The monoisotopic (exact) mass is 229 g/mol. The number of amides is 1. The van der Waals surface area contributed by atoms with Crippen molar-refractivity contribution in [1.29, 1.82) is 0 Å². The summed E-state index contributed by atoms with van der Waals surface area (Å²) in [5, 5.41) is 6.88. The Morgan fingerprint density at radius 2 is 2.27 bits per heavy atom. The van der Waals surface area contributed by atoms with E-state index in [1.165, 1.54) is 0 Å². The fourth-order valence-electron chi connectivity index (χ4n) is 1.13. The Bertz CT molecular complexity index is 253. The second-order valence-electron chi connectivity index (χ2n) is 4.04. The Hall–Kier alpha value is -0.710. The molecule has 0 aliphatic carbocycles. The lowest BCUT2D eigenvalue weighted by atomic mass is 10.2. The highest BCUT2D eigenvalue weighted by Crippen LogP contribution is 2.09. The molecule has 1 heterocycles. The summed E-state index contributed by atoms with van der Waals surface area (Å²) in [6.45, 7) is 7.60. The zero-order valence-corrected chi connectivity index (χ0v) is 10.4. The lowest BCUT2D eigenvalue weighted by Crippen LogP contribution is -2.44. The van der Waals surface area contributed by atoms with Gasteiger partial charge in [-0.3, -0.25) is 9.79 Å². The first-order valence-corrected chi connectivity index (χ1v) is 6.29. The van der Waals surface area contributed by atoms with E-state index in [0.717, 1.165) is 24.0 Å². The number of thioether (sulfide) groups is 1. The van der Waals surface area contributed by atoms with E-state index >= 15 is 0 Å². The number of hydrogen-bond donors (Lipinski definition) is 2. The Balaban J connectivity index is 2.26. The smallest absolute Gasteiger partial charge is 0.242 e. The molecule has 4 nitrogen and oxygen atoms in total. The van der Waals surface area contributed by atoms with Crippen molar-refractivity contribution in [3.8, 4) is 0 Å². The van der Waals surface area contributed by atoms with E-state index in [4.69, 9.17) is 0 Å². The molecule has 0 aromatic rings. The Morgan fingerprint density at radius 3 is 2.80 bits per heavy atom. The van der Waals surface area contributed by atoms with E-state index in [2.05, 4.69) is 29.5 Å². The average molecular weight is 229 g/mol. The summed E-state index contributed by atoms with van der Waals surface area (Å²) in [5.74, 6) is 1.54. The summed E-state index contributed by atoms with van der Waals surface area (Å²) < 4.78 is 0. The lowest BCUT2D eigenvalue weighted by molar-refractivity contribution is -0.122. The summed E-state index contributed by atoms with van der Waals surface area (Å²) in [7, 11) is 0. The van der Waals surface area contributed by atoms with Crippen molar-refractivity contribution in [2.75, 3.05) is 18.8 Å². The van der Waals surface area contributed by atoms with Gasteiger partial charge in [0.25, 0.3) is 0 Å². The lowest BCUT2D eigenvalue weighted by Gasteiger charge is -2.15. The van der Waals surface area contributed by atoms with Crippen molar-refractivity contribution < 1.29 is 4.79 Å². The van der Waals surface area contributed by atoms with Crippen LogP contribution in [0.3, 0.4) is 0 Å². The molecular formula is C10H19N3OS. The molecule has 15 heavy (non-hydrogen) atoms. The van der Waals surface area contributed by atoms with E-state index in [9.17, 15) is 4.79 Å². The number of carbonyl (C=O) groups excluding carboxylic acids is 1. The molecule has 0 spiro atoms. The van der Waals surface area contributed by atoms with Gasteiger partial charge in [-0.25, -0.2) is 0 Å². The van der Waals surface area contributed by atoms with Crippen LogP contribution in [-0.4, -0.2) is 36.0 Å². The molecule has 0 saturated heterocycles. The first-order chi connectivity index (χ1) is 7.09. The highest BCUT2D eigenvalue weighted by atomic mass is 32.2. The minimum absolute atomic E-state index is 0.0406. The molecule has 86 valence electrons. The number of nitrogens with one attached hydrogen (secondary N) is 2. The van der Waals surface area contributed by atoms with Crippen LogP contribution in [0.4, 0.5) is 0 Å². The molecule has 1 aliphatic rings. The van der Waals surface area contributed by atoms with Gasteiger partial charge < -0.3 is 10.6 Å². The third-order valence-electron chi connectivity index (χ3n) is 2.00. The molecule has 5 heteroatoms. The number of hydrogen-bond acceptors (Lipinski definition) is 4. The van der Waals surface area contributed by atoms with E-state index in [0.29, 0.717) is 5.92 Å². The van der Waals surface area contributed by atoms with E-state index < -0.39 is 0 Å². The highest BCUT2D eigenvalue weighted by molar-refractivity contribution is 8.14. The van der Waals surface area contributed by atoms with Crippen LogP contribution < -0.4 is 10.6 Å². The van der Waals surface area contributed by atoms with Crippen LogP contribution in [0.15, 0.2) is 4.99 Å². The first-order valence-electron chi connectivity index (χ1n) is 5.31. The molecule has 1 amide bonds. The molecule has 2 N–H and O–H groups in total. The van der Waals surface area contributed by atoms with Crippen LogP contribution in [0.2, 0.25) is 0 Å². The zero-order valence-electron chi connectivity index (χ0n) is 9.54. The molecule has 1 unspecified atom stereocenters. The average Bonchev–Trinajstić information content (AvgIpc) is 2.66. The third-order valence-corrected chi connectivity index (χ3v) is 2.91. The minimum atomic E-state index is -0.201. The topological polar surface area (TPSA) is 53.5 Å². The molecule has 0 aromatic carbocycles. The van der Waals surface area contributed by atoms with Gasteiger partial charge in [0.2, 0.25) is 5.91 Å². The maximum Gasteiger partial charge on any atom is 0.242 e. The number of rotatable bonds is 4. The molecule has 1 rings (SSSR count). The summed E-state index contributed by atoms with van der Waals surface area (Å²) in [6, 6.07) is -0.201. The van der Waals surface area contributed by atoms with E-state index in [1.54, 1.807) is 11.8 Å². The van der Waals surface area contributed by atoms with E-state index in [-0.39, 0.29) is 11.9 Å². The van der Waals surface area contributed by atoms with Crippen molar-refractivity contribution in [1.82, 2.24) is 10.6 Å². The van der Waals surface area contributed by atoms with Gasteiger partial charge in [-0.05, 0) is 12.8 Å². The SMILES string of the molecule is CC(C)CNC(=O)C(C)NC1=NCCS1. The molecule has 0 bridgehead atoms. The largest absolute Gasteiger partial charge is 0.354 e. The zero-order chi connectivity index (χ0) is 11.3. The van der Waals surface area contributed by atoms with Crippen LogP contribution in [0.1, 0.15) is 20.8 Å². The van der Waals surface area contributed by atoms with Gasteiger partial charge >= 0.3 is 0 Å². The van der Waals surface area contributed by atoms with Crippen LogP contribution in [0, 0.1) is 5.92 Å². The Labute approximate surface area is 95.3 Å². The van der Waals surface area contributed by atoms with Gasteiger partial charge in [-0.2, -0.15) is 0 Å². The summed E-state index contributed by atoms with van der Waals surface area (Å²) >= 11 is 1.67. The first kappa shape index (κ1) is 12.4. The normalized spacial score (nSPS) is 17.5. The number of aliphatic imine (C=N–C) groups is 1. The van der Waals surface area contributed by atoms with Crippen molar-refractivity contribution >= 4 is 22.8 Å². The summed E-state index contributed by atoms with van der Waals surface area (Å²) in [4.78, 5) is 15.8. The second-order valence-corrected chi connectivity index (χ2v) is 5.12. The maximum absolute atomic E-state index is 11.6. The number of amidine groups is 1. The molecule has 0 fully saturated rings. The quantitative estimate of drug-likeness (QED) is 0.751. The van der Waals surface area contributed by atoms with Gasteiger partial charge in [-0.15, -0.1) is 0 Å². The van der Waals surface area contributed by atoms with Crippen LogP contribution in [0.25, 0.3) is 0 Å². The van der Waals surface area contributed by atoms with Crippen LogP contribution >= 0.6 is 11.8 Å². The van der Waals surface area contributed by atoms with Crippen molar-refractivity contribution in [2.24, 2.45) is 10.9 Å². The molecule has 0 saturated carbocycles. The second kappa shape index (κ2) is 6.00. The van der Waals surface area contributed by atoms with E-state index in [1.807, 2.05) is 6.92 Å². The Morgan fingerprint density at radius 1 is 1.53 bits per heavy atom. The molecule has 1 atom stereocenters. The molecular weight excluding hydrogens is 210 g/mol. The summed E-state index contributed by atoms with van der Waals surface area (Å²) in [5.41, 5.74) is 0. The van der Waals surface area contributed by atoms with Crippen molar-refractivity contribution in [3.05, 3.63) is 0 Å². The predicted molar refractivity (Wildman–Crippen MR) is 65.2 cm³/mol. The molecule has 1 aliphatic heterocycles. The Kier molecular flexibility index (Phi) is 4.94. The van der Waals surface area contributed by atoms with Crippen molar-refractivity contribution in [2.45, 2.75) is 26.8 Å². The number of nitrogens with zero attached hydrogens (tertiary/aromatic N) is 1. The molecule has 0 aromatic heterocycles. The van der Waals surface area contributed by atoms with Gasteiger partial charge in [0, 0.05) is 12.3 Å². The maximum atomic E-state index is 11.6. The van der Waals surface area contributed by atoms with Gasteiger partial charge in [0.05, 0.1) is 6.54 Å². The van der Waals surface area contributed by atoms with Gasteiger partial charge in [0.15, 0.2) is 5.17 Å². The van der Waals surface area contributed by atoms with Crippen LogP contribution in [0.5, 0.6) is 0 Å². The third kappa shape index (κ3) is 4.55. The van der Waals surface area contributed by atoms with Gasteiger partial charge in [0.1, 0.15) is 6.04 Å². The fraction of sp³-hybridized carbons (Fsp3) is 0.800. The predicted octanol–water partition coefficient (Wildman–Crippen LogP) is 0.840. The number of carbonyl (C=O) groups is 1. The summed E-state index contributed by atoms with van der Waals surface area (Å²) in [6.07, 6.45) is 0. The highest BCUT2D eigenvalue weighted by Gasteiger charge is 2.16. The fourth-order valence-corrected chi connectivity index (χ4v) is 1.95. The standard InChI is InChI=1S/C10H19N3OS/c1-7(2)6-12-9(14)8(3)13-10-11-4-5-15-10/h7-8H,4-6H2,1-3H3,(H,11,13)(H,12,14). The molecule has 0 radical (unpaired) electrons. The van der Waals surface area contributed by atoms with Gasteiger partial charge in [-0.1, -0.05) is 25.6 Å². The van der Waals surface area contributed by atoms with Crippen LogP contribution in [-0.2, 0) is 4.79 Å².